The number of aliphatic hydroxyl groups is 1. The van der Waals surface area contributed by atoms with Crippen molar-refractivity contribution in [1.29, 1.82) is 0 Å². The van der Waals surface area contributed by atoms with Gasteiger partial charge < -0.3 is 15.3 Å². The Morgan fingerprint density at radius 2 is 2.00 bits per heavy atom. The van der Waals surface area contributed by atoms with Crippen molar-refractivity contribution in [2.45, 2.75) is 56.1 Å². The summed E-state index contributed by atoms with van der Waals surface area (Å²) in [5.74, 6) is -5.66. The highest BCUT2D eigenvalue weighted by Gasteiger charge is 2.61. The van der Waals surface area contributed by atoms with Crippen LogP contribution >= 0.6 is 0 Å². The van der Waals surface area contributed by atoms with E-state index in [-0.39, 0.29) is 31.8 Å². The molecule has 0 aromatic carbocycles. The van der Waals surface area contributed by atoms with E-state index in [2.05, 4.69) is 5.32 Å². The first-order valence-electron chi connectivity index (χ1n) is 7.56. The van der Waals surface area contributed by atoms with E-state index < -0.39 is 29.4 Å². The van der Waals surface area contributed by atoms with Crippen LogP contribution in [0.15, 0.2) is 0 Å². The third-order valence-electron chi connectivity index (χ3n) is 5.15. The molecule has 21 heavy (non-hydrogen) atoms. The van der Waals surface area contributed by atoms with E-state index >= 15 is 0 Å². The summed E-state index contributed by atoms with van der Waals surface area (Å²) in [4.78, 5) is 25.1. The number of hydrogen-bond acceptors (Lipinski definition) is 3. The number of fused-ring (bicyclic) bond motifs is 1. The fourth-order valence-electron chi connectivity index (χ4n) is 3.86. The second-order valence-corrected chi connectivity index (χ2v) is 6.37. The Bertz CT molecular complexity index is 463. The molecule has 0 aromatic heterocycles. The molecule has 0 spiro atoms. The highest BCUT2D eigenvalue weighted by Crippen LogP contribution is 2.44. The number of rotatable bonds is 2. The second-order valence-electron chi connectivity index (χ2n) is 6.37. The first-order chi connectivity index (χ1) is 9.87. The van der Waals surface area contributed by atoms with Crippen molar-refractivity contribution in [2.24, 2.45) is 5.92 Å². The molecule has 0 radical (unpaired) electrons. The zero-order valence-electron chi connectivity index (χ0n) is 11.8. The van der Waals surface area contributed by atoms with Gasteiger partial charge >= 0.3 is 5.92 Å². The maximum Gasteiger partial charge on any atom is 0.352 e. The maximum atomic E-state index is 14.5. The minimum atomic E-state index is -3.78. The highest BCUT2D eigenvalue weighted by atomic mass is 19.3. The number of alkyl halides is 2. The molecule has 2 amide bonds. The summed E-state index contributed by atoms with van der Waals surface area (Å²) in [7, 11) is 0. The number of likely N-dealkylation sites (tertiary alicyclic amines) is 1. The van der Waals surface area contributed by atoms with Crippen LogP contribution in [0.3, 0.4) is 0 Å². The lowest BCUT2D eigenvalue weighted by Crippen LogP contribution is -2.61. The van der Waals surface area contributed by atoms with E-state index in [4.69, 9.17) is 0 Å². The summed E-state index contributed by atoms with van der Waals surface area (Å²) in [6.45, 7) is 0.449. The summed E-state index contributed by atoms with van der Waals surface area (Å²) < 4.78 is 29.0. The smallest absolute Gasteiger partial charge is 0.352 e. The van der Waals surface area contributed by atoms with Gasteiger partial charge in [-0.05, 0) is 25.7 Å². The van der Waals surface area contributed by atoms with Crippen LogP contribution in [0.4, 0.5) is 8.78 Å². The van der Waals surface area contributed by atoms with Crippen molar-refractivity contribution in [3.8, 4) is 0 Å². The molecule has 2 heterocycles. The summed E-state index contributed by atoms with van der Waals surface area (Å²) in [5.41, 5.74) is -2.23. The summed E-state index contributed by atoms with van der Waals surface area (Å²) in [5, 5.41) is 12.8. The van der Waals surface area contributed by atoms with Crippen LogP contribution in [0.1, 0.15) is 38.5 Å². The van der Waals surface area contributed by atoms with Gasteiger partial charge in [0, 0.05) is 13.1 Å². The maximum absolute atomic E-state index is 14.5. The van der Waals surface area contributed by atoms with Crippen LogP contribution in [0, 0.1) is 5.92 Å². The predicted octanol–water partition coefficient (Wildman–Crippen LogP) is 0.664. The highest BCUT2D eigenvalue weighted by molar-refractivity contribution is 5.88. The third-order valence-corrected chi connectivity index (χ3v) is 5.15. The van der Waals surface area contributed by atoms with Gasteiger partial charge in [-0.3, -0.25) is 9.59 Å². The van der Waals surface area contributed by atoms with Crippen molar-refractivity contribution >= 4 is 11.8 Å². The second kappa shape index (κ2) is 4.90. The Hall–Kier alpha value is -1.24. The van der Waals surface area contributed by atoms with Gasteiger partial charge in [0.15, 0.2) is 0 Å². The predicted molar refractivity (Wildman–Crippen MR) is 69.6 cm³/mol. The average Bonchev–Trinajstić information content (AvgIpc) is 3.06. The van der Waals surface area contributed by atoms with Crippen LogP contribution in [-0.2, 0) is 9.59 Å². The monoisotopic (exact) mass is 302 g/mol. The Morgan fingerprint density at radius 3 is 2.67 bits per heavy atom. The number of amides is 2. The van der Waals surface area contributed by atoms with Crippen LogP contribution in [0.2, 0.25) is 0 Å². The first kappa shape index (κ1) is 14.7. The van der Waals surface area contributed by atoms with Crippen LogP contribution in [0.25, 0.3) is 0 Å². The third kappa shape index (κ3) is 2.13. The summed E-state index contributed by atoms with van der Waals surface area (Å²) in [6, 6.07) is -0.505. The molecule has 3 rings (SSSR count). The number of piperidine rings is 1. The number of hydrogen-bond donors (Lipinski definition) is 2. The fourth-order valence-corrected chi connectivity index (χ4v) is 3.86. The minimum Gasteiger partial charge on any atom is -0.383 e. The lowest BCUT2D eigenvalue weighted by atomic mass is 9.88. The summed E-state index contributed by atoms with van der Waals surface area (Å²) >= 11 is 0. The molecular weight excluding hydrogens is 282 g/mol. The molecule has 1 saturated carbocycles. The van der Waals surface area contributed by atoms with Crippen LogP contribution in [0.5, 0.6) is 0 Å². The van der Waals surface area contributed by atoms with Crippen molar-refractivity contribution in [1.82, 2.24) is 10.2 Å². The molecule has 2 N–H and O–H groups in total. The molecular formula is C14H20F2N2O3. The molecule has 0 bridgehead atoms. The topological polar surface area (TPSA) is 69.6 Å². The van der Waals surface area contributed by atoms with Crippen molar-refractivity contribution in [3.63, 3.8) is 0 Å². The van der Waals surface area contributed by atoms with Gasteiger partial charge in [-0.2, -0.15) is 8.78 Å². The zero-order valence-corrected chi connectivity index (χ0v) is 11.8. The largest absolute Gasteiger partial charge is 0.383 e. The number of carbonyl (C=O) groups excluding carboxylic acids is 2. The Labute approximate surface area is 121 Å². The molecule has 3 aliphatic rings. The number of halogens is 2. The fraction of sp³-hybridized carbons (Fsp3) is 0.857. The molecule has 0 aromatic rings. The molecule has 118 valence electrons. The van der Waals surface area contributed by atoms with E-state index in [0.717, 1.165) is 4.90 Å². The molecule has 5 nitrogen and oxygen atoms in total. The number of carbonyl (C=O) groups is 2. The van der Waals surface area contributed by atoms with Gasteiger partial charge in [-0.15, -0.1) is 0 Å². The minimum absolute atomic E-state index is 0.0507. The van der Waals surface area contributed by atoms with E-state index in [1.807, 2.05) is 0 Å². The van der Waals surface area contributed by atoms with E-state index in [0.29, 0.717) is 25.7 Å². The lowest BCUT2D eigenvalue weighted by Gasteiger charge is -2.40. The number of nitrogens with one attached hydrogen (secondary N) is 1. The quantitative estimate of drug-likeness (QED) is 0.787. The normalized spacial score (nSPS) is 32.0. The molecule has 3 fully saturated rings. The standard InChI is InChI=1S/C14H20F2N2O3/c15-14(16,13(21)5-1-2-6-13)12(20)18-7-3-4-9-10(18)8-17-11(9)19/h9-10,21H,1-8H2,(H,17,19)/t9-,10-/m1/s1. The van der Waals surface area contributed by atoms with Crippen molar-refractivity contribution < 1.29 is 23.5 Å². The average molecular weight is 302 g/mol. The SMILES string of the molecule is O=C1NC[C@@H]2[C@H]1CCCN2C(=O)C(F)(F)C1(O)CCCC1. The Kier molecular flexibility index (Phi) is 3.43. The van der Waals surface area contributed by atoms with Gasteiger partial charge in [0.1, 0.15) is 5.60 Å². The lowest BCUT2D eigenvalue weighted by molar-refractivity contribution is -0.203. The molecule has 2 saturated heterocycles. The molecule has 0 unspecified atom stereocenters. The molecule has 1 aliphatic carbocycles. The van der Waals surface area contributed by atoms with Gasteiger partial charge in [0.05, 0.1) is 12.0 Å². The molecule has 7 heteroatoms. The molecule has 2 aliphatic heterocycles. The van der Waals surface area contributed by atoms with Crippen molar-refractivity contribution in [3.05, 3.63) is 0 Å². The van der Waals surface area contributed by atoms with Gasteiger partial charge in [0.2, 0.25) is 5.91 Å². The number of nitrogens with zero attached hydrogens (tertiary/aromatic N) is 1. The van der Waals surface area contributed by atoms with Gasteiger partial charge in [-0.1, -0.05) is 12.8 Å². The van der Waals surface area contributed by atoms with E-state index in [1.54, 1.807) is 0 Å². The van der Waals surface area contributed by atoms with E-state index in [9.17, 15) is 23.5 Å². The van der Waals surface area contributed by atoms with Gasteiger partial charge in [-0.25, -0.2) is 0 Å². The van der Waals surface area contributed by atoms with Crippen molar-refractivity contribution in [2.75, 3.05) is 13.1 Å². The van der Waals surface area contributed by atoms with Crippen LogP contribution in [-0.4, -0.2) is 52.5 Å². The molecule has 2 atom stereocenters. The Balaban J connectivity index is 1.82. The first-order valence-corrected chi connectivity index (χ1v) is 7.56. The zero-order chi connectivity index (χ0) is 15.3. The van der Waals surface area contributed by atoms with Crippen LogP contribution < -0.4 is 5.32 Å². The van der Waals surface area contributed by atoms with E-state index in [1.165, 1.54) is 0 Å². The summed E-state index contributed by atoms with van der Waals surface area (Å²) in [6.07, 6.45) is 2.07. The van der Waals surface area contributed by atoms with Gasteiger partial charge in [0.25, 0.3) is 5.91 Å². The Morgan fingerprint density at radius 1 is 1.33 bits per heavy atom.